The number of hydrogen-bond donors (Lipinski definition) is 6. The van der Waals surface area contributed by atoms with Gasteiger partial charge in [0.1, 0.15) is 23.8 Å². The van der Waals surface area contributed by atoms with E-state index in [0.29, 0.717) is 19.4 Å². The number of nitrogens with one attached hydrogen (secondary N) is 3. The van der Waals surface area contributed by atoms with Crippen molar-refractivity contribution in [1.82, 2.24) is 16.0 Å². The van der Waals surface area contributed by atoms with E-state index in [4.69, 9.17) is 11.5 Å². The molecule has 0 aliphatic heterocycles. The highest BCUT2D eigenvalue weighted by Gasteiger charge is 2.34. The summed E-state index contributed by atoms with van der Waals surface area (Å²) in [6.45, 7) is 2.88. The van der Waals surface area contributed by atoms with E-state index >= 15 is 0 Å². The Morgan fingerprint density at radius 3 is 1.78 bits per heavy atom. The van der Waals surface area contributed by atoms with Crippen LogP contribution < -0.4 is 27.4 Å². The number of carboxylic acid groups (broad SMARTS) is 1. The van der Waals surface area contributed by atoms with Crippen LogP contribution >= 0.6 is 0 Å². The number of halogens is 1. The number of benzene rings is 2. The molecule has 0 aliphatic carbocycles. The van der Waals surface area contributed by atoms with Gasteiger partial charge in [0, 0.05) is 12.8 Å². The van der Waals surface area contributed by atoms with E-state index in [1.807, 2.05) is 36.4 Å². The van der Waals surface area contributed by atoms with Gasteiger partial charge in [0.15, 0.2) is 0 Å². The highest BCUT2D eigenvalue weighted by Crippen LogP contribution is 2.17. The summed E-state index contributed by atoms with van der Waals surface area (Å²) in [7, 11) is 0. The molecule has 0 fully saturated rings. The highest BCUT2D eigenvalue weighted by atomic mass is 19.1. The zero-order valence-electron chi connectivity index (χ0n) is 23.6. The molecule has 10 nitrogen and oxygen atoms in total. The van der Waals surface area contributed by atoms with Crippen LogP contribution in [0, 0.1) is 0 Å². The molecule has 0 aromatic heterocycles. The minimum atomic E-state index is -1.87. The van der Waals surface area contributed by atoms with Gasteiger partial charge in [0.2, 0.25) is 17.7 Å². The van der Waals surface area contributed by atoms with Gasteiger partial charge in [-0.25, -0.2) is 9.18 Å². The number of amides is 3. The molecule has 0 bridgehead atoms. The first-order chi connectivity index (χ1) is 19.4. The van der Waals surface area contributed by atoms with Crippen molar-refractivity contribution in [3.05, 3.63) is 71.8 Å². The van der Waals surface area contributed by atoms with E-state index in [9.17, 15) is 28.7 Å². The topological polar surface area (TPSA) is 177 Å². The molecule has 0 unspecified atom stereocenters. The first-order valence-corrected chi connectivity index (χ1v) is 13.8. The van der Waals surface area contributed by atoms with Crippen molar-refractivity contribution in [1.29, 1.82) is 0 Å². The number of carboxylic acids is 1. The van der Waals surface area contributed by atoms with Gasteiger partial charge in [-0.3, -0.25) is 14.4 Å². The molecule has 0 saturated carbocycles. The van der Waals surface area contributed by atoms with Crippen LogP contribution in [0.15, 0.2) is 60.7 Å². The fourth-order valence-electron chi connectivity index (χ4n) is 4.29. The van der Waals surface area contributed by atoms with Gasteiger partial charge in [0.05, 0.1) is 6.04 Å². The van der Waals surface area contributed by atoms with E-state index in [1.54, 1.807) is 24.3 Å². The second-order valence-electron chi connectivity index (χ2n) is 10.7. The van der Waals surface area contributed by atoms with Crippen LogP contribution in [-0.2, 0) is 32.0 Å². The third kappa shape index (κ3) is 12.5. The van der Waals surface area contributed by atoms with Crippen molar-refractivity contribution >= 4 is 23.7 Å². The van der Waals surface area contributed by atoms with Crippen molar-refractivity contribution in [2.45, 2.75) is 82.2 Å². The summed E-state index contributed by atoms with van der Waals surface area (Å²) in [6, 6.07) is 13.4. The molecule has 2 rings (SSSR count). The maximum atomic E-state index is 14.7. The molecule has 4 atom stereocenters. The maximum Gasteiger partial charge on any atom is 0.326 e. The maximum absolute atomic E-state index is 14.7. The van der Waals surface area contributed by atoms with Crippen LogP contribution in [0.25, 0.3) is 0 Å². The standard InChI is InChI=1S/C30H42FN5O5/c1-30(2,31)19-25(28(39)34-23(29(40)41)15-9-10-16-32)36-27(38)24(18-21-13-7-4-8-14-21)35-26(37)22(33)17-20-11-5-3-6-12-20/h3-8,11-14,22-25H,9-10,15-19,32-33H2,1-2H3,(H,34,39)(H,35,37)(H,36,38)(H,40,41)/t22-,23-,24-,25-/m1/s1. The summed E-state index contributed by atoms with van der Waals surface area (Å²) < 4.78 is 14.7. The largest absolute Gasteiger partial charge is 0.480 e. The Labute approximate surface area is 240 Å². The third-order valence-electron chi connectivity index (χ3n) is 6.43. The number of carbonyl (C=O) groups excluding carboxylic acids is 3. The van der Waals surface area contributed by atoms with Crippen molar-refractivity contribution in [2.24, 2.45) is 11.5 Å². The molecule has 2 aromatic rings. The molecule has 3 amide bonds. The minimum absolute atomic E-state index is 0.0840. The Morgan fingerprint density at radius 2 is 1.27 bits per heavy atom. The van der Waals surface area contributed by atoms with Gasteiger partial charge in [-0.1, -0.05) is 60.7 Å². The van der Waals surface area contributed by atoms with Gasteiger partial charge >= 0.3 is 5.97 Å². The quantitative estimate of drug-likeness (QED) is 0.156. The molecule has 2 aromatic carbocycles. The summed E-state index contributed by atoms with van der Waals surface area (Å²) in [6.07, 6.45) is 1.08. The monoisotopic (exact) mass is 571 g/mol. The normalized spacial score (nSPS) is 14.3. The number of unbranched alkanes of at least 4 members (excludes halogenated alkanes) is 1. The van der Waals surface area contributed by atoms with E-state index in [1.165, 1.54) is 13.8 Å². The Balaban J connectivity index is 2.22. The van der Waals surface area contributed by atoms with Crippen molar-refractivity contribution in [3.63, 3.8) is 0 Å². The second-order valence-corrected chi connectivity index (χ2v) is 10.7. The number of aliphatic carboxylic acids is 1. The van der Waals surface area contributed by atoms with E-state index in [-0.39, 0.29) is 19.3 Å². The molecule has 41 heavy (non-hydrogen) atoms. The van der Waals surface area contributed by atoms with Crippen LogP contribution in [-0.4, -0.2) is 65.2 Å². The van der Waals surface area contributed by atoms with Gasteiger partial charge in [0.25, 0.3) is 0 Å². The summed E-state index contributed by atoms with van der Waals surface area (Å²) >= 11 is 0. The second kappa shape index (κ2) is 16.4. The summed E-state index contributed by atoms with van der Waals surface area (Å²) in [5.41, 5.74) is 11.3. The first-order valence-electron chi connectivity index (χ1n) is 13.8. The summed E-state index contributed by atoms with van der Waals surface area (Å²) in [5, 5.41) is 17.2. The highest BCUT2D eigenvalue weighted by molar-refractivity contribution is 5.94. The summed E-state index contributed by atoms with van der Waals surface area (Å²) in [5.74, 6) is -3.38. The van der Waals surface area contributed by atoms with E-state index < -0.39 is 59.9 Å². The third-order valence-corrected chi connectivity index (χ3v) is 6.43. The molecule has 0 spiro atoms. The first kappa shape index (κ1) is 33.4. The fraction of sp³-hybridized carbons (Fsp3) is 0.467. The number of alkyl halides is 1. The Hall–Kier alpha value is -3.83. The average Bonchev–Trinajstić information content (AvgIpc) is 2.92. The fourth-order valence-corrected chi connectivity index (χ4v) is 4.29. The zero-order valence-corrected chi connectivity index (χ0v) is 23.6. The van der Waals surface area contributed by atoms with Gasteiger partial charge in [-0.15, -0.1) is 0 Å². The molecular weight excluding hydrogens is 529 g/mol. The Bertz CT molecular complexity index is 1130. The number of nitrogens with two attached hydrogens (primary N) is 2. The lowest BCUT2D eigenvalue weighted by Crippen LogP contribution is -2.58. The number of carbonyl (C=O) groups is 4. The predicted molar refractivity (Wildman–Crippen MR) is 154 cm³/mol. The van der Waals surface area contributed by atoms with Crippen LogP contribution in [0.5, 0.6) is 0 Å². The van der Waals surface area contributed by atoms with Crippen LogP contribution in [0.4, 0.5) is 4.39 Å². The van der Waals surface area contributed by atoms with E-state index in [2.05, 4.69) is 16.0 Å². The van der Waals surface area contributed by atoms with E-state index in [0.717, 1.165) is 11.1 Å². The van der Waals surface area contributed by atoms with Crippen molar-refractivity contribution in [3.8, 4) is 0 Å². The molecule has 11 heteroatoms. The molecular formula is C30H42FN5O5. The molecule has 8 N–H and O–H groups in total. The molecule has 0 heterocycles. The van der Waals surface area contributed by atoms with Crippen LogP contribution in [0.2, 0.25) is 0 Å². The lowest BCUT2D eigenvalue weighted by Gasteiger charge is -2.28. The summed E-state index contributed by atoms with van der Waals surface area (Å²) in [4.78, 5) is 51.4. The Morgan fingerprint density at radius 1 is 0.780 bits per heavy atom. The number of rotatable bonds is 17. The van der Waals surface area contributed by atoms with Gasteiger partial charge < -0.3 is 32.5 Å². The van der Waals surface area contributed by atoms with Crippen LogP contribution in [0.1, 0.15) is 50.7 Å². The Kier molecular flexibility index (Phi) is 13.4. The van der Waals surface area contributed by atoms with Gasteiger partial charge in [-0.2, -0.15) is 0 Å². The van der Waals surface area contributed by atoms with Gasteiger partial charge in [-0.05, 0) is 57.2 Å². The average molecular weight is 572 g/mol. The lowest BCUT2D eigenvalue weighted by atomic mass is 9.98. The number of hydrogen-bond acceptors (Lipinski definition) is 6. The van der Waals surface area contributed by atoms with Crippen molar-refractivity contribution in [2.75, 3.05) is 6.54 Å². The van der Waals surface area contributed by atoms with Crippen molar-refractivity contribution < 1.29 is 28.7 Å². The molecule has 0 saturated heterocycles. The minimum Gasteiger partial charge on any atom is -0.480 e. The zero-order chi connectivity index (χ0) is 30.4. The molecule has 224 valence electrons. The molecule has 0 aliphatic rings. The van der Waals surface area contributed by atoms with Crippen LogP contribution in [0.3, 0.4) is 0 Å². The predicted octanol–water partition coefficient (Wildman–Crippen LogP) is 1.61. The lowest BCUT2D eigenvalue weighted by molar-refractivity contribution is -0.142. The molecule has 0 radical (unpaired) electrons. The SMILES string of the molecule is CC(C)(F)C[C@@H](NC(=O)[C@@H](Cc1ccccc1)NC(=O)[C@H](N)Cc1ccccc1)C(=O)N[C@H](CCCCN)C(=O)O. The smallest absolute Gasteiger partial charge is 0.326 e.